The van der Waals surface area contributed by atoms with Gasteiger partial charge in [0, 0.05) is 10.5 Å². The third-order valence-corrected chi connectivity index (χ3v) is 3.09. The predicted octanol–water partition coefficient (Wildman–Crippen LogP) is 2.19. The molecule has 1 heterocycles. The largest absolute Gasteiger partial charge is 0.299 e. The molecule has 0 spiro atoms. The molecule has 0 aromatic heterocycles. The summed E-state index contributed by atoms with van der Waals surface area (Å²) in [6, 6.07) is 0. The monoisotopic (exact) mass is 168 g/mol. The average molecular weight is 168 g/mol. The van der Waals surface area contributed by atoms with E-state index in [1.54, 1.807) is 6.08 Å². The summed E-state index contributed by atoms with van der Waals surface area (Å²) in [6.07, 6.45) is 6.44. The van der Waals surface area contributed by atoms with Crippen LogP contribution in [-0.2, 0) is 4.79 Å². The van der Waals surface area contributed by atoms with Gasteiger partial charge in [0.15, 0.2) is 0 Å². The van der Waals surface area contributed by atoms with Crippen LogP contribution in [0.15, 0.2) is 23.8 Å². The molecular formula is C9H12OS. The summed E-state index contributed by atoms with van der Waals surface area (Å²) in [5, 5.41) is 0. The van der Waals surface area contributed by atoms with Gasteiger partial charge in [-0.05, 0) is 25.5 Å². The summed E-state index contributed by atoms with van der Waals surface area (Å²) >= 11 is 1.90. The predicted molar refractivity (Wildman–Crippen MR) is 49.8 cm³/mol. The molecule has 0 aromatic carbocycles. The number of carbonyl (C=O) groups excluding carboxylic acids is 1. The van der Waals surface area contributed by atoms with E-state index < -0.39 is 0 Å². The Balaban J connectivity index is 2.71. The number of rotatable bonds is 2. The summed E-state index contributed by atoms with van der Waals surface area (Å²) in [5.74, 6) is 1.06. The van der Waals surface area contributed by atoms with Gasteiger partial charge in [-0.25, -0.2) is 0 Å². The standard InChI is InChI=1S/C9H12OS/c1-9(2)8(4-3-6-10)5-7-11-9/h3-6H,7H2,1-2H3/b4-3+. The minimum atomic E-state index is 0.194. The quantitative estimate of drug-likeness (QED) is 0.464. The molecule has 0 unspecified atom stereocenters. The Morgan fingerprint density at radius 1 is 1.64 bits per heavy atom. The maximum atomic E-state index is 10.1. The Kier molecular flexibility index (Phi) is 2.55. The van der Waals surface area contributed by atoms with Crippen molar-refractivity contribution in [1.82, 2.24) is 0 Å². The van der Waals surface area contributed by atoms with E-state index >= 15 is 0 Å². The van der Waals surface area contributed by atoms with Crippen LogP contribution in [0.4, 0.5) is 0 Å². The third kappa shape index (κ3) is 1.96. The second kappa shape index (κ2) is 3.26. The highest BCUT2D eigenvalue weighted by atomic mass is 32.2. The van der Waals surface area contributed by atoms with Crippen LogP contribution in [0.3, 0.4) is 0 Å². The number of hydrogen-bond acceptors (Lipinski definition) is 2. The zero-order valence-corrected chi connectivity index (χ0v) is 7.65. The van der Waals surface area contributed by atoms with E-state index in [1.165, 1.54) is 5.57 Å². The van der Waals surface area contributed by atoms with Gasteiger partial charge in [0.2, 0.25) is 0 Å². The molecule has 1 nitrogen and oxygen atoms in total. The van der Waals surface area contributed by atoms with Crippen molar-refractivity contribution in [2.24, 2.45) is 0 Å². The minimum absolute atomic E-state index is 0.194. The second-order valence-electron chi connectivity index (χ2n) is 2.98. The fourth-order valence-electron chi connectivity index (χ4n) is 1.08. The van der Waals surface area contributed by atoms with Crippen molar-refractivity contribution in [3.05, 3.63) is 23.8 Å². The Hall–Kier alpha value is -0.500. The highest BCUT2D eigenvalue weighted by Crippen LogP contribution is 2.38. The van der Waals surface area contributed by atoms with Crippen molar-refractivity contribution in [2.75, 3.05) is 5.75 Å². The van der Waals surface area contributed by atoms with Gasteiger partial charge in [-0.3, -0.25) is 4.79 Å². The lowest BCUT2D eigenvalue weighted by Crippen LogP contribution is -2.12. The SMILES string of the molecule is CC1(C)SCC=C1/C=C/C=O. The minimum Gasteiger partial charge on any atom is -0.299 e. The molecule has 0 amide bonds. The fraction of sp³-hybridized carbons (Fsp3) is 0.444. The molecule has 1 aliphatic heterocycles. The molecule has 2 heteroatoms. The first kappa shape index (κ1) is 8.60. The molecule has 0 aliphatic carbocycles. The van der Waals surface area contributed by atoms with Crippen LogP contribution in [0, 0.1) is 0 Å². The molecule has 60 valence electrons. The van der Waals surface area contributed by atoms with Crippen molar-refractivity contribution in [3.8, 4) is 0 Å². The topological polar surface area (TPSA) is 17.1 Å². The van der Waals surface area contributed by atoms with Gasteiger partial charge < -0.3 is 0 Å². The van der Waals surface area contributed by atoms with E-state index in [0.29, 0.717) is 0 Å². The molecule has 0 radical (unpaired) electrons. The highest BCUT2D eigenvalue weighted by Gasteiger charge is 2.25. The normalized spacial score (nSPS) is 22.2. The van der Waals surface area contributed by atoms with E-state index in [1.807, 2.05) is 17.8 Å². The van der Waals surface area contributed by atoms with Gasteiger partial charge >= 0.3 is 0 Å². The van der Waals surface area contributed by atoms with E-state index in [4.69, 9.17) is 0 Å². The van der Waals surface area contributed by atoms with E-state index in [-0.39, 0.29) is 4.75 Å². The molecule has 1 rings (SSSR count). The third-order valence-electron chi connectivity index (χ3n) is 1.80. The highest BCUT2D eigenvalue weighted by molar-refractivity contribution is 8.01. The summed E-state index contributed by atoms with van der Waals surface area (Å²) in [7, 11) is 0. The average Bonchev–Trinajstić information content (AvgIpc) is 2.25. The molecule has 0 fully saturated rings. The maximum absolute atomic E-state index is 10.1. The van der Waals surface area contributed by atoms with E-state index in [9.17, 15) is 4.79 Å². The molecule has 0 saturated heterocycles. The van der Waals surface area contributed by atoms with E-state index in [2.05, 4.69) is 19.9 Å². The molecule has 0 bridgehead atoms. The lowest BCUT2D eigenvalue weighted by atomic mass is 10.0. The van der Waals surface area contributed by atoms with Gasteiger partial charge in [0.1, 0.15) is 6.29 Å². The Morgan fingerprint density at radius 2 is 2.36 bits per heavy atom. The molecule has 1 aliphatic rings. The van der Waals surface area contributed by atoms with Crippen molar-refractivity contribution < 1.29 is 4.79 Å². The Bertz CT molecular complexity index is 214. The first-order valence-corrected chi connectivity index (χ1v) is 4.62. The van der Waals surface area contributed by atoms with Gasteiger partial charge in [0.25, 0.3) is 0 Å². The Morgan fingerprint density at radius 3 is 2.82 bits per heavy atom. The van der Waals surface area contributed by atoms with Crippen molar-refractivity contribution in [3.63, 3.8) is 0 Å². The van der Waals surface area contributed by atoms with Crippen LogP contribution in [-0.4, -0.2) is 16.8 Å². The van der Waals surface area contributed by atoms with Crippen molar-refractivity contribution in [1.29, 1.82) is 0 Å². The van der Waals surface area contributed by atoms with Gasteiger partial charge in [-0.15, -0.1) is 11.8 Å². The van der Waals surface area contributed by atoms with Crippen LogP contribution in [0.2, 0.25) is 0 Å². The number of allylic oxidation sites excluding steroid dienone is 2. The lowest BCUT2D eigenvalue weighted by molar-refractivity contribution is -0.104. The molecule has 0 aromatic rings. The zero-order valence-electron chi connectivity index (χ0n) is 6.83. The summed E-state index contributed by atoms with van der Waals surface area (Å²) < 4.78 is 0.194. The summed E-state index contributed by atoms with van der Waals surface area (Å²) in [4.78, 5) is 10.1. The van der Waals surface area contributed by atoms with Gasteiger partial charge in [-0.2, -0.15) is 0 Å². The lowest BCUT2D eigenvalue weighted by Gasteiger charge is -2.18. The van der Waals surface area contributed by atoms with Crippen LogP contribution in [0.1, 0.15) is 13.8 Å². The number of hydrogen-bond donors (Lipinski definition) is 0. The van der Waals surface area contributed by atoms with Crippen LogP contribution >= 0.6 is 11.8 Å². The number of thioether (sulfide) groups is 1. The smallest absolute Gasteiger partial charge is 0.142 e. The second-order valence-corrected chi connectivity index (χ2v) is 4.62. The first-order valence-electron chi connectivity index (χ1n) is 3.63. The Labute approximate surface area is 71.6 Å². The molecular weight excluding hydrogens is 156 g/mol. The van der Waals surface area contributed by atoms with Gasteiger partial charge in [-0.1, -0.05) is 12.2 Å². The maximum Gasteiger partial charge on any atom is 0.142 e. The van der Waals surface area contributed by atoms with E-state index in [0.717, 1.165) is 12.0 Å². The molecule has 11 heavy (non-hydrogen) atoms. The zero-order chi connectivity index (χ0) is 8.32. The van der Waals surface area contributed by atoms with Gasteiger partial charge in [0.05, 0.1) is 0 Å². The van der Waals surface area contributed by atoms with Crippen molar-refractivity contribution >= 4 is 18.0 Å². The molecule has 0 N–H and O–H groups in total. The fourth-order valence-corrected chi connectivity index (χ4v) is 2.08. The van der Waals surface area contributed by atoms with Crippen molar-refractivity contribution in [2.45, 2.75) is 18.6 Å². The molecule has 0 saturated carbocycles. The number of carbonyl (C=O) groups is 1. The molecule has 0 atom stereocenters. The summed E-state index contributed by atoms with van der Waals surface area (Å²) in [6.45, 7) is 4.34. The van der Waals surface area contributed by atoms with Crippen LogP contribution in [0.5, 0.6) is 0 Å². The first-order chi connectivity index (χ1) is 5.17. The summed E-state index contributed by atoms with van der Waals surface area (Å²) in [5.41, 5.74) is 1.26. The number of aldehydes is 1. The van der Waals surface area contributed by atoms with Crippen LogP contribution in [0.25, 0.3) is 0 Å². The van der Waals surface area contributed by atoms with Crippen LogP contribution < -0.4 is 0 Å².